The van der Waals surface area contributed by atoms with E-state index in [2.05, 4.69) is 0 Å². The highest BCUT2D eigenvalue weighted by atomic mass is 19.1. The Balaban J connectivity index is 1.93. The van der Waals surface area contributed by atoms with Crippen molar-refractivity contribution >= 4 is 17.0 Å². The zero-order valence-electron chi connectivity index (χ0n) is 17.6. The van der Waals surface area contributed by atoms with E-state index in [1.165, 1.54) is 6.07 Å². The molecule has 0 N–H and O–H groups in total. The van der Waals surface area contributed by atoms with Crippen LogP contribution in [0, 0.1) is 11.6 Å². The second kappa shape index (κ2) is 8.69. The van der Waals surface area contributed by atoms with Crippen LogP contribution in [-0.4, -0.2) is 48.0 Å². The quantitative estimate of drug-likeness (QED) is 0.649. The van der Waals surface area contributed by atoms with E-state index in [0.29, 0.717) is 32.7 Å². The Morgan fingerprint density at radius 2 is 1.97 bits per heavy atom. The van der Waals surface area contributed by atoms with Crippen molar-refractivity contribution in [3.8, 4) is 0 Å². The second-order valence-electron chi connectivity index (χ2n) is 8.62. The molecule has 3 rings (SSSR count). The molecule has 0 bridgehead atoms. The van der Waals surface area contributed by atoms with Gasteiger partial charge in [-0.25, -0.2) is 13.6 Å². The lowest BCUT2D eigenvalue weighted by Gasteiger charge is -2.34. The van der Waals surface area contributed by atoms with Gasteiger partial charge in [-0.15, -0.1) is 0 Å². The number of fused-ring (bicyclic) bond motifs is 1. The Hall–Kier alpha value is -2.15. The van der Waals surface area contributed by atoms with Crippen LogP contribution in [0.2, 0.25) is 0 Å². The van der Waals surface area contributed by atoms with E-state index < -0.39 is 17.2 Å². The summed E-state index contributed by atoms with van der Waals surface area (Å²) in [5.74, 6) is -0.886. The number of nitrogens with zero attached hydrogens (tertiary/aromatic N) is 2. The number of likely N-dealkylation sites (tertiary alicyclic amines) is 1. The van der Waals surface area contributed by atoms with Gasteiger partial charge in [0.15, 0.2) is 0 Å². The first-order chi connectivity index (χ1) is 13.7. The molecule has 1 saturated heterocycles. The topological polar surface area (TPSA) is 43.7 Å². The second-order valence-corrected chi connectivity index (χ2v) is 8.62. The van der Waals surface area contributed by atoms with Crippen LogP contribution in [0.3, 0.4) is 0 Å². The van der Waals surface area contributed by atoms with Gasteiger partial charge in [0, 0.05) is 50.3 Å². The molecule has 1 atom stereocenters. The lowest BCUT2D eigenvalue weighted by Crippen LogP contribution is -2.42. The van der Waals surface area contributed by atoms with Gasteiger partial charge in [-0.1, -0.05) is 0 Å². The molecule has 0 saturated carbocycles. The lowest BCUT2D eigenvalue weighted by atomic mass is 9.94. The predicted octanol–water partition coefficient (Wildman–Crippen LogP) is 5.07. The zero-order valence-corrected chi connectivity index (χ0v) is 17.6. The van der Waals surface area contributed by atoms with Gasteiger partial charge in [-0.2, -0.15) is 0 Å². The minimum absolute atomic E-state index is 0.00925. The minimum atomic E-state index is -0.564. The third-order valence-electron chi connectivity index (χ3n) is 5.21. The summed E-state index contributed by atoms with van der Waals surface area (Å²) in [7, 11) is 1.62. The molecular weight excluding hydrogens is 378 g/mol. The number of benzene rings is 1. The Kier molecular flexibility index (Phi) is 6.46. The number of carbonyl (C=O) groups excluding carboxylic acids is 1. The number of rotatable bonds is 5. The maximum absolute atomic E-state index is 14.6. The average molecular weight is 408 g/mol. The van der Waals surface area contributed by atoms with E-state index in [0.717, 1.165) is 24.6 Å². The maximum Gasteiger partial charge on any atom is 0.410 e. The molecule has 1 aliphatic heterocycles. The Morgan fingerprint density at radius 1 is 1.24 bits per heavy atom. The largest absolute Gasteiger partial charge is 0.444 e. The number of hydrogen-bond acceptors (Lipinski definition) is 3. The summed E-state index contributed by atoms with van der Waals surface area (Å²) in [6.07, 6.45) is 2.00. The number of halogens is 2. The van der Waals surface area contributed by atoms with Crippen molar-refractivity contribution in [3.05, 3.63) is 35.5 Å². The molecule has 29 heavy (non-hydrogen) atoms. The third kappa shape index (κ3) is 4.89. The van der Waals surface area contributed by atoms with Gasteiger partial charge in [0.25, 0.3) is 0 Å². The van der Waals surface area contributed by atoms with Crippen molar-refractivity contribution < 1.29 is 23.0 Å². The lowest BCUT2D eigenvalue weighted by molar-refractivity contribution is 0.0196. The van der Waals surface area contributed by atoms with Gasteiger partial charge < -0.3 is 18.9 Å². The van der Waals surface area contributed by atoms with Gasteiger partial charge in [-0.3, -0.25) is 0 Å². The van der Waals surface area contributed by atoms with E-state index in [9.17, 15) is 13.6 Å². The van der Waals surface area contributed by atoms with Gasteiger partial charge in [0.1, 0.15) is 17.2 Å². The van der Waals surface area contributed by atoms with Crippen LogP contribution in [0.15, 0.2) is 18.2 Å². The molecular formula is C22H30F2N2O3. The molecule has 0 spiro atoms. The molecule has 0 radical (unpaired) electrons. The SMILES string of the molecule is COCCCn1c(C2CCCN(C(=O)OC(C)(C)C)C2)cc2c(F)ccc(F)c21. The Labute approximate surface area is 170 Å². The predicted molar refractivity (Wildman–Crippen MR) is 108 cm³/mol. The molecule has 1 aliphatic rings. The van der Waals surface area contributed by atoms with Gasteiger partial charge >= 0.3 is 6.09 Å². The molecule has 2 heterocycles. The monoisotopic (exact) mass is 408 g/mol. The van der Waals surface area contributed by atoms with Crippen LogP contribution in [0.1, 0.15) is 51.6 Å². The Morgan fingerprint density at radius 3 is 2.66 bits per heavy atom. The van der Waals surface area contributed by atoms with Gasteiger partial charge in [0.2, 0.25) is 0 Å². The molecule has 7 heteroatoms. The van der Waals surface area contributed by atoms with Crippen molar-refractivity contribution in [3.63, 3.8) is 0 Å². The molecule has 0 aliphatic carbocycles. The number of aromatic nitrogens is 1. The van der Waals surface area contributed by atoms with E-state index in [-0.39, 0.29) is 22.9 Å². The molecule has 160 valence electrons. The summed E-state index contributed by atoms with van der Waals surface area (Å²) in [4.78, 5) is 14.2. The fourth-order valence-corrected chi connectivity index (χ4v) is 3.98. The maximum atomic E-state index is 14.6. The molecule has 1 unspecified atom stereocenters. The van der Waals surface area contributed by atoms with Crippen molar-refractivity contribution in [2.75, 3.05) is 26.8 Å². The van der Waals surface area contributed by atoms with Crippen LogP contribution in [0.4, 0.5) is 13.6 Å². The fraction of sp³-hybridized carbons (Fsp3) is 0.591. The first kappa shape index (κ1) is 21.6. The summed E-state index contributed by atoms with van der Waals surface area (Å²) in [6, 6.07) is 4.07. The number of hydrogen-bond donors (Lipinski definition) is 0. The Bertz CT molecular complexity index is 873. The van der Waals surface area contributed by atoms with Gasteiger partial charge in [-0.05, 0) is 58.2 Å². The van der Waals surface area contributed by atoms with E-state index in [4.69, 9.17) is 9.47 Å². The standard InChI is InChI=1S/C22H30F2N2O3/c1-22(2,3)29-21(27)25-10-5-7-15(14-25)19-13-16-17(23)8-9-18(24)20(16)26(19)11-6-12-28-4/h8-9,13,15H,5-7,10-12,14H2,1-4H3. The van der Waals surface area contributed by atoms with Crippen molar-refractivity contribution in [1.82, 2.24) is 9.47 Å². The highest BCUT2D eigenvalue weighted by molar-refractivity contribution is 5.83. The first-order valence-corrected chi connectivity index (χ1v) is 10.1. The summed E-state index contributed by atoms with van der Waals surface area (Å²) < 4.78 is 41.5. The molecule has 1 fully saturated rings. The molecule has 1 aromatic heterocycles. The average Bonchev–Trinajstić information content (AvgIpc) is 3.05. The van der Waals surface area contributed by atoms with Crippen molar-refractivity contribution in [1.29, 1.82) is 0 Å². The van der Waals surface area contributed by atoms with Crippen LogP contribution in [0.5, 0.6) is 0 Å². The molecule has 5 nitrogen and oxygen atoms in total. The highest BCUT2D eigenvalue weighted by Crippen LogP contribution is 2.34. The smallest absolute Gasteiger partial charge is 0.410 e. The number of amides is 1. The van der Waals surface area contributed by atoms with Crippen molar-refractivity contribution in [2.45, 2.75) is 58.1 Å². The van der Waals surface area contributed by atoms with E-state index in [1.807, 2.05) is 25.3 Å². The molecule has 2 aromatic rings. The summed E-state index contributed by atoms with van der Waals surface area (Å²) in [5, 5.41) is 0.284. The van der Waals surface area contributed by atoms with Gasteiger partial charge in [0.05, 0.1) is 5.52 Å². The summed E-state index contributed by atoms with van der Waals surface area (Å²) in [6.45, 7) is 7.67. The van der Waals surface area contributed by atoms with Crippen molar-refractivity contribution in [2.24, 2.45) is 0 Å². The number of aryl methyl sites for hydroxylation is 1. The summed E-state index contributed by atoms with van der Waals surface area (Å²) in [5.41, 5.74) is 0.574. The number of ether oxygens (including phenoxy) is 2. The van der Waals surface area contributed by atoms with Crippen LogP contribution in [0.25, 0.3) is 10.9 Å². The minimum Gasteiger partial charge on any atom is -0.444 e. The van der Waals surface area contributed by atoms with E-state index >= 15 is 0 Å². The number of carbonyl (C=O) groups is 1. The highest BCUT2D eigenvalue weighted by Gasteiger charge is 2.31. The van der Waals surface area contributed by atoms with Crippen LogP contribution < -0.4 is 0 Å². The summed E-state index contributed by atoms with van der Waals surface area (Å²) >= 11 is 0. The normalized spacial score (nSPS) is 17.7. The first-order valence-electron chi connectivity index (χ1n) is 10.1. The molecule has 1 aromatic carbocycles. The molecule has 1 amide bonds. The van der Waals surface area contributed by atoms with Crippen LogP contribution in [-0.2, 0) is 16.0 Å². The number of methoxy groups -OCH3 is 1. The zero-order chi connectivity index (χ0) is 21.2. The van der Waals surface area contributed by atoms with Crippen LogP contribution >= 0.6 is 0 Å². The fourth-order valence-electron chi connectivity index (χ4n) is 3.98. The van der Waals surface area contributed by atoms with E-state index in [1.54, 1.807) is 18.1 Å². The third-order valence-corrected chi connectivity index (χ3v) is 5.21. The number of piperidine rings is 1.